The SMILES string of the molecule is CN(C)C(CCc1ccccc1)(c1cccc(F)c1Cl)C1C=CCCC1. The van der Waals surface area contributed by atoms with Crippen LogP contribution in [0.5, 0.6) is 0 Å². The summed E-state index contributed by atoms with van der Waals surface area (Å²) in [6.07, 6.45) is 9.77. The lowest BCUT2D eigenvalue weighted by molar-refractivity contribution is 0.0792. The highest BCUT2D eigenvalue weighted by Crippen LogP contribution is 2.46. The summed E-state index contributed by atoms with van der Waals surface area (Å²) >= 11 is 6.50. The Hall–Kier alpha value is -1.64. The monoisotopic (exact) mass is 371 g/mol. The van der Waals surface area contributed by atoms with Crippen LogP contribution >= 0.6 is 11.6 Å². The highest BCUT2D eigenvalue weighted by Gasteiger charge is 2.43. The van der Waals surface area contributed by atoms with Crippen LogP contribution in [0, 0.1) is 11.7 Å². The van der Waals surface area contributed by atoms with Gasteiger partial charge in [-0.05, 0) is 69.3 Å². The van der Waals surface area contributed by atoms with E-state index in [0.29, 0.717) is 5.92 Å². The first-order chi connectivity index (χ1) is 12.6. The van der Waals surface area contributed by atoms with Gasteiger partial charge in [0, 0.05) is 0 Å². The molecule has 1 aliphatic carbocycles. The Labute approximate surface area is 161 Å². The molecule has 2 aromatic rings. The van der Waals surface area contributed by atoms with Gasteiger partial charge in [0.15, 0.2) is 0 Å². The van der Waals surface area contributed by atoms with Gasteiger partial charge in [0.25, 0.3) is 0 Å². The average Bonchev–Trinajstić information content (AvgIpc) is 2.67. The van der Waals surface area contributed by atoms with Crippen molar-refractivity contribution in [2.75, 3.05) is 14.1 Å². The van der Waals surface area contributed by atoms with Gasteiger partial charge in [-0.1, -0.05) is 66.2 Å². The molecule has 0 radical (unpaired) electrons. The van der Waals surface area contributed by atoms with E-state index in [1.807, 2.05) is 12.1 Å². The van der Waals surface area contributed by atoms with E-state index in [-0.39, 0.29) is 16.4 Å². The lowest BCUT2D eigenvalue weighted by atomic mass is 9.70. The predicted molar refractivity (Wildman–Crippen MR) is 108 cm³/mol. The van der Waals surface area contributed by atoms with Crippen molar-refractivity contribution < 1.29 is 4.39 Å². The molecule has 26 heavy (non-hydrogen) atoms. The molecule has 2 atom stereocenters. The van der Waals surface area contributed by atoms with Gasteiger partial charge in [-0.3, -0.25) is 4.90 Å². The summed E-state index contributed by atoms with van der Waals surface area (Å²) in [5.41, 5.74) is 1.87. The second-order valence-electron chi connectivity index (χ2n) is 7.37. The maximum atomic E-state index is 14.3. The fourth-order valence-electron chi connectivity index (χ4n) is 4.34. The van der Waals surface area contributed by atoms with Gasteiger partial charge in [0.1, 0.15) is 5.82 Å². The van der Waals surface area contributed by atoms with E-state index in [4.69, 9.17) is 11.6 Å². The van der Waals surface area contributed by atoms with Crippen LogP contribution in [0.4, 0.5) is 4.39 Å². The number of benzene rings is 2. The van der Waals surface area contributed by atoms with Crippen molar-refractivity contribution in [3.05, 3.63) is 82.6 Å². The number of aryl methyl sites for hydroxylation is 1. The molecule has 0 aliphatic heterocycles. The molecule has 0 aromatic heterocycles. The summed E-state index contributed by atoms with van der Waals surface area (Å²) in [5.74, 6) is -0.0239. The zero-order valence-electron chi connectivity index (χ0n) is 15.6. The Morgan fingerprint density at radius 3 is 2.54 bits per heavy atom. The molecule has 1 nitrogen and oxygen atoms in total. The zero-order chi connectivity index (χ0) is 18.6. The second-order valence-corrected chi connectivity index (χ2v) is 7.75. The van der Waals surface area contributed by atoms with Crippen LogP contribution in [-0.4, -0.2) is 19.0 Å². The third-order valence-electron chi connectivity index (χ3n) is 5.72. The first kappa shape index (κ1) is 19.1. The minimum absolute atomic E-state index is 0.258. The fourth-order valence-corrected chi connectivity index (χ4v) is 4.63. The normalized spacial score (nSPS) is 19.5. The maximum absolute atomic E-state index is 14.3. The van der Waals surface area contributed by atoms with Gasteiger partial charge in [-0.2, -0.15) is 0 Å². The smallest absolute Gasteiger partial charge is 0.142 e. The molecule has 2 unspecified atom stereocenters. The fraction of sp³-hybridized carbons (Fsp3) is 0.391. The second kappa shape index (κ2) is 8.37. The van der Waals surface area contributed by atoms with Crippen LogP contribution in [0.2, 0.25) is 5.02 Å². The molecular weight excluding hydrogens is 345 g/mol. The van der Waals surface area contributed by atoms with E-state index in [9.17, 15) is 4.39 Å². The third-order valence-corrected chi connectivity index (χ3v) is 6.11. The molecule has 0 N–H and O–H groups in total. The quantitative estimate of drug-likeness (QED) is 0.544. The van der Waals surface area contributed by atoms with E-state index in [1.165, 1.54) is 11.6 Å². The molecule has 0 saturated carbocycles. The largest absolute Gasteiger partial charge is 0.299 e. The van der Waals surface area contributed by atoms with Crippen LogP contribution in [0.3, 0.4) is 0 Å². The molecule has 0 saturated heterocycles. The molecule has 2 aromatic carbocycles. The highest BCUT2D eigenvalue weighted by molar-refractivity contribution is 6.31. The van der Waals surface area contributed by atoms with Crippen molar-refractivity contribution in [1.82, 2.24) is 4.90 Å². The van der Waals surface area contributed by atoms with Crippen LogP contribution in [0.25, 0.3) is 0 Å². The summed E-state index contributed by atoms with van der Waals surface area (Å²) in [4.78, 5) is 2.25. The van der Waals surface area contributed by atoms with Gasteiger partial charge in [-0.25, -0.2) is 4.39 Å². The van der Waals surface area contributed by atoms with Crippen molar-refractivity contribution in [3.63, 3.8) is 0 Å². The summed E-state index contributed by atoms with van der Waals surface area (Å²) in [7, 11) is 4.18. The Balaban J connectivity index is 2.07. The molecule has 0 bridgehead atoms. The average molecular weight is 372 g/mol. The minimum Gasteiger partial charge on any atom is -0.299 e. The van der Waals surface area contributed by atoms with E-state index in [0.717, 1.165) is 37.7 Å². The van der Waals surface area contributed by atoms with Gasteiger partial charge >= 0.3 is 0 Å². The zero-order valence-corrected chi connectivity index (χ0v) is 16.3. The van der Waals surface area contributed by atoms with Gasteiger partial charge in [0.2, 0.25) is 0 Å². The third kappa shape index (κ3) is 3.72. The number of nitrogens with zero attached hydrogens (tertiary/aromatic N) is 1. The maximum Gasteiger partial charge on any atom is 0.142 e. The van der Waals surface area contributed by atoms with Gasteiger partial charge < -0.3 is 0 Å². The summed E-state index contributed by atoms with van der Waals surface area (Å²) in [5, 5.41) is 0.258. The number of halogens is 2. The van der Waals surface area contributed by atoms with E-state index in [1.54, 1.807) is 6.07 Å². The van der Waals surface area contributed by atoms with Crippen LogP contribution in [-0.2, 0) is 12.0 Å². The van der Waals surface area contributed by atoms with Crippen molar-refractivity contribution in [1.29, 1.82) is 0 Å². The Bertz CT molecular complexity index is 756. The van der Waals surface area contributed by atoms with E-state index >= 15 is 0 Å². The van der Waals surface area contributed by atoms with Crippen molar-refractivity contribution in [2.24, 2.45) is 5.92 Å². The number of rotatable bonds is 6. The van der Waals surface area contributed by atoms with Crippen molar-refractivity contribution >= 4 is 11.6 Å². The molecule has 138 valence electrons. The molecule has 1 aliphatic rings. The standard InChI is InChI=1S/C23H27ClFN/c1-26(2)23(19-12-7-4-8-13-19,17-16-18-10-5-3-6-11-18)20-14-9-15-21(25)22(20)24/h3,5-7,9-12,14-15,19H,4,8,13,16-17H2,1-2H3. The summed E-state index contributed by atoms with van der Waals surface area (Å²) in [6, 6.07) is 15.7. The summed E-state index contributed by atoms with van der Waals surface area (Å²) < 4.78 is 14.3. The molecule has 0 heterocycles. The minimum atomic E-state index is -0.338. The number of hydrogen-bond donors (Lipinski definition) is 0. The molecule has 3 rings (SSSR count). The van der Waals surface area contributed by atoms with Crippen molar-refractivity contribution in [2.45, 2.75) is 37.6 Å². The van der Waals surface area contributed by atoms with Crippen LogP contribution in [0.15, 0.2) is 60.7 Å². The molecule has 0 fully saturated rings. The van der Waals surface area contributed by atoms with Gasteiger partial charge in [-0.15, -0.1) is 0 Å². The van der Waals surface area contributed by atoms with E-state index < -0.39 is 0 Å². The Kier molecular flexibility index (Phi) is 6.16. The molecule has 0 amide bonds. The van der Waals surface area contributed by atoms with Crippen molar-refractivity contribution in [3.8, 4) is 0 Å². The predicted octanol–water partition coefficient (Wildman–Crippen LogP) is 6.23. The molecule has 3 heteroatoms. The molecular formula is C23H27ClFN. The topological polar surface area (TPSA) is 3.24 Å². The summed E-state index contributed by atoms with van der Waals surface area (Å²) in [6.45, 7) is 0. The Morgan fingerprint density at radius 2 is 1.88 bits per heavy atom. The first-order valence-corrected chi connectivity index (χ1v) is 9.76. The van der Waals surface area contributed by atoms with Crippen LogP contribution in [0.1, 0.15) is 36.8 Å². The number of hydrogen-bond acceptors (Lipinski definition) is 1. The number of allylic oxidation sites excluding steroid dienone is 1. The highest BCUT2D eigenvalue weighted by atomic mass is 35.5. The lowest BCUT2D eigenvalue weighted by Crippen LogP contribution is -2.48. The van der Waals surface area contributed by atoms with Gasteiger partial charge in [0.05, 0.1) is 10.6 Å². The van der Waals surface area contributed by atoms with Crippen LogP contribution < -0.4 is 0 Å². The van der Waals surface area contributed by atoms with E-state index in [2.05, 4.69) is 55.4 Å². The Morgan fingerprint density at radius 1 is 1.12 bits per heavy atom. The lowest BCUT2D eigenvalue weighted by Gasteiger charge is -2.47. The first-order valence-electron chi connectivity index (χ1n) is 9.38. The molecule has 0 spiro atoms.